The van der Waals surface area contributed by atoms with Gasteiger partial charge in [-0.15, -0.1) is 0 Å². The molecule has 3 nitrogen and oxygen atoms in total. The molecule has 0 bridgehead atoms. The Labute approximate surface area is 131 Å². The predicted octanol–water partition coefficient (Wildman–Crippen LogP) is 3.16. The standard InChI is InChI=1S/C17H25NO2S/c1-12-7-13(2)9-14(8-12)11-21-16-10-17(4-3-15(16)18)19-5-6-20-17/h7-9,15-16H,3-6,10-11,18H2,1-2H3. The third-order valence-corrected chi connectivity index (χ3v) is 5.85. The highest BCUT2D eigenvalue weighted by molar-refractivity contribution is 7.99. The van der Waals surface area contributed by atoms with Crippen molar-refractivity contribution in [2.75, 3.05) is 13.2 Å². The summed E-state index contributed by atoms with van der Waals surface area (Å²) in [5.41, 5.74) is 10.4. The van der Waals surface area contributed by atoms with Crippen molar-refractivity contribution in [1.82, 2.24) is 0 Å². The van der Waals surface area contributed by atoms with Gasteiger partial charge in [0.25, 0.3) is 0 Å². The first kappa shape index (κ1) is 15.3. The van der Waals surface area contributed by atoms with Crippen LogP contribution in [0.25, 0.3) is 0 Å². The highest BCUT2D eigenvalue weighted by Crippen LogP contribution is 2.40. The number of thioether (sulfide) groups is 1. The number of rotatable bonds is 3. The van der Waals surface area contributed by atoms with Crippen LogP contribution in [0.3, 0.4) is 0 Å². The molecule has 116 valence electrons. The summed E-state index contributed by atoms with van der Waals surface area (Å²) < 4.78 is 11.7. The van der Waals surface area contributed by atoms with E-state index >= 15 is 0 Å². The first-order valence-electron chi connectivity index (χ1n) is 7.79. The molecule has 0 radical (unpaired) electrons. The molecule has 2 unspecified atom stereocenters. The fourth-order valence-corrected chi connectivity index (χ4v) is 4.76. The summed E-state index contributed by atoms with van der Waals surface area (Å²) in [6.45, 7) is 5.76. The topological polar surface area (TPSA) is 44.5 Å². The van der Waals surface area contributed by atoms with E-state index in [0.29, 0.717) is 5.25 Å². The molecule has 0 amide bonds. The Hall–Kier alpha value is -0.550. The van der Waals surface area contributed by atoms with Crippen molar-refractivity contribution in [3.63, 3.8) is 0 Å². The van der Waals surface area contributed by atoms with Crippen LogP contribution in [0.15, 0.2) is 18.2 Å². The second-order valence-electron chi connectivity index (χ2n) is 6.36. The van der Waals surface area contributed by atoms with E-state index in [-0.39, 0.29) is 11.8 Å². The highest BCUT2D eigenvalue weighted by atomic mass is 32.2. The predicted molar refractivity (Wildman–Crippen MR) is 87.5 cm³/mol. The second kappa shape index (κ2) is 6.29. The van der Waals surface area contributed by atoms with Crippen LogP contribution < -0.4 is 5.73 Å². The molecule has 1 aromatic rings. The lowest BCUT2D eigenvalue weighted by molar-refractivity contribution is -0.176. The fourth-order valence-electron chi connectivity index (χ4n) is 3.43. The summed E-state index contributed by atoms with van der Waals surface area (Å²) >= 11 is 1.95. The van der Waals surface area contributed by atoms with E-state index in [1.165, 1.54) is 16.7 Å². The fraction of sp³-hybridized carbons (Fsp3) is 0.647. The molecule has 1 spiro atoms. The molecule has 2 aliphatic rings. The average molecular weight is 307 g/mol. The lowest BCUT2D eigenvalue weighted by Gasteiger charge is -2.39. The van der Waals surface area contributed by atoms with Crippen molar-refractivity contribution in [2.24, 2.45) is 5.73 Å². The van der Waals surface area contributed by atoms with Gasteiger partial charge in [0.1, 0.15) is 0 Å². The van der Waals surface area contributed by atoms with Gasteiger partial charge in [-0.3, -0.25) is 0 Å². The van der Waals surface area contributed by atoms with Crippen molar-refractivity contribution in [3.8, 4) is 0 Å². The monoisotopic (exact) mass is 307 g/mol. The molecule has 3 rings (SSSR count). The first-order chi connectivity index (χ1) is 10.1. The van der Waals surface area contributed by atoms with E-state index in [1.54, 1.807) is 0 Å². The van der Waals surface area contributed by atoms with E-state index < -0.39 is 0 Å². The van der Waals surface area contributed by atoms with Crippen molar-refractivity contribution in [1.29, 1.82) is 0 Å². The van der Waals surface area contributed by atoms with Gasteiger partial charge in [-0.1, -0.05) is 29.3 Å². The van der Waals surface area contributed by atoms with Gasteiger partial charge in [0.2, 0.25) is 0 Å². The Balaban J connectivity index is 1.63. The Bertz CT molecular complexity index is 479. The zero-order valence-electron chi connectivity index (χ0n) is 12.9. The van der Waals surface area contributed by atoms with Crippen molar-refractivity contribution >= 4 is 11.8 Å². The number of ether oxygens (including phenoxy) is 2. The van der Waals surface area contributed by atoms with Crippen LogP contribution in [0, 0.1) is 13.8 Å². The van der Waals surface area contributed by atoms with Crippen molar-refractivity contribution < 1.29 is 9.47 Å². The van der Waals surface area contributed by atoms with Crippen LogP contribution in [-0.2, 0) is 15.2 Å². The summed E-state index contributed by atoms with van der Waals surface area (Å²) in [6.07, 6.45) is 2.85. The third-order valence-electron chi connectivity index (χ3n) is 4.41. The molecule has 1 aliphatic heterocycles. The molecule has 1 aromatic carbocycles. The minimum Gasteiger partial charge on any atom is -0.347 e. The van der Waals surface area contributed by atoms with Gasteiger partial charge < -0.3 is 15.2 Å². The molecule has 1 saturated carbocycles. The van der Waals surface area contributed by atoms with Crippen LogP contribution in [0.2, 0.25) is 0 Å². The first-order valence-corrected chi connectivity index (χ1v) is 8.83. The lowest BCUT2D eigenvalue weighted by atomic mass is 9.90. The third kappa shape index (κ3) is 3.62. The Morgan fingerprint density at radius 1 is 1.19 bits per heavy atom. The SMILES string of the molecule is Cc1cc(C)cc(CSC2CC3(CCC2N)OCCO3)c1. The lowest BCUT2D eigenvalue weighted by Crippen LogP contribution is -2.47. The maximum absolute atomic E-state index is 6.32. The molecule has 0 aromatic heterocycles. The normalized spacial score (nSPS) is 28.1. The number of nitrogens with two attached hydrogens (primary N) is 1. The average Bonchev–Trinajstić information content (AvgIpc) is 2.88. The highest BCUT2D eigenvalue weighted by Gasteiger charge is 2.44. The van der Waals surface area contributed by atoms with Crippen molar-refractivity contribution in [2.45, 2.75) is 55.9 Å². The van der Waals surface area contributed by atoms with Gasteiger partial charge >= 0.3 is 0 Å². The summed E-state index contributed by atoms with van der Waals surface area (Å²) in [7, 11) is 0. The summed E-state index contributed by atoms with van der Waals surface area (Å²) in [5, 5.41) is 0.415. The van der Waals surface area contributed by atoms with E-state index in [2.05, 4.69) is 32.0 Å². The summed E-state index contributed by atoms with van der Waals surface area (Å²) in [6, 6.07) is 7.01. The number of hydrogen-bond acceptors (Lipinski definition) is 4. The molecular formula is C17H25NO2S. The molecule has 2 atom stereocenters. The summed E-state index contributed by atoms with van der Waals surface area (Å²) in [5.74, 6) is 0.674. The minimum absolute atomic E-state index is 0.249. The number of aryl methyl sites for hydroxylation is 2. The maximum Gasteiger partial charge on any atom is 0.169 e. The Kier molecular flexibility index (Phi) is 4.60. The molecular weight excluding hydrogens is 282 g/mol. The molecule has 2 fully saturated rings. The van der Waals surface area contributed by atoms with Gasteiger partial charge in [-0.05, 0) is 25.8 Å². The van der Waals surface area contributed by atoms with Gasteiger partial charge in [-0.2, -0.15) is 11.8 Å². The van der Waals surface area contributed by atoms with E-state index in [4.69, 9.17) is 15.2 Å². The van der Waals surface area contributed by atoms with E-state index in [9.17, 15) is 0 Å². The zero-order chi connectivity index (χ0) is 14.9. The summed E-state index contributed by atoms with van der Waals surface area (Å²) in [4.78, 5) is 0. The van der Waals surface area contributed by atoms with Gasteiger partial charge in [0, 0.05) is 29.9 Å². The van der Waals surface area contributed by atoms with Crippen LogP contribution in [-0.4, -0.2) is 30.3 Å². The molecule has 21 heavy (non-hydrogen) atoms. The molecule has 4 heteroatoms. The maximum atomic E-state index is 6.32. The van der Waals surface area contributed by atoms with Gasteiger partial charge in [-0.25, -0.2) is 0 Å². The quantitative estimate of drug-likeness (QED) is 0.931. The molecule has 1 heterocycles. The number of benzene rings is 1. The van der Waals surface area contributed by atoms with Crippen LogP contribution in [0.4, 0.5) is 0 Å². The van der Waals surface area contributed by atoms with E-state index in [0.717, 1.165) is 38.2 Å². The minimum atomic E-state index is -0.337. The smallest absolute Gasteiger partial charge is 0.169 e. The van der Waals surface area contributed by atoms with Crippen molar-refractivity contribution in [3.05, 3.63) is 34.9 Å². The Morgan fingerprint density at radius 2 is 1.86 bits per heavy atom. The zero-order valence-corrected chi connectivity index (χ0v) is 13.7. The van der Waals surface area contributed by atoms with Gasteiger partial charge in [0.05, 0.1) is 13.2 Å². The van der Waals surface area contributed by atoms with Crippen LogP contribution >= 0.6 is 11.8 Å². The van der Waals surface area contributed by atoms with Crippen LogP contribution in [0.1, 0.15) is 36.0 Å². The molecule has 1 saturated heterocycles. The Morgan fingerprint density at radius 3 is 2.52 bits per heavy atom. The number of hydrogen-bond donors (Lipinski definition) is 1. The second-order valence-corrected chi connectivity index (χ2v) is 7.59. The van der Waals surface area contributed by atoms with Crippen LogP contribution in [0.5, 0.6) is 0 Å². The molecule has 2 N–H and O–H groups in total. The van der Waals surface area contributed by atoms with E-state index in [1.807, 2.05) is 11.8 Å². The molecule has 1 aliphatic carbocycles. The van der Waals surface area contributed by atoms with Gasteiger partial charge in [0.15, 0.2) is 5.79 Å². The largest absolute Gasteiger partial charge is 0.347 e.